The van der Waals surface area contributed by atoms with E-state index >= 15 is 0 Å². The van der Waals surface area contributed by atoms with Gasteiger partial charge < -0.3 is 14.7 Å². The van der Waals surface area contributed by atoms with Gasteiger partial charge in [0, 0.05) is 25.2 Å². The second kappa shape index (κ2) is 5.45. The first kappa shape index (κ1) is 12.3. The summed E-state index contributed by atoms with van der Waals surface area (Å²) in [7, 11) is 2.17. The number of rotatable bonds is 4. The maximum Gasteiger partial charge on any atom is 0.0634 e. The van der Waals surface area contributed by atoms with Gasteiger partial charge in [0.05, 0.1) is 19.3 Å². The zero-order valence-corrected chi connectivity index (χ0v) is 10.4. The van der Waals surface area contributed by atoms with E-state index in [1.807, 2.05) is 0 Å². The third kappa shape index (κ3) is 2.74. The van der Waals surface area contributed by atoms with Crippen LogP contribution >= 0.6 is 0 Å². The molecule has 1 aliphatic carbocycles. The second-order valence-electron chi connectivity index (χ2n) is 5.08. The van der Waals surface area contributed by atoms with Crippen molar-refractivity contribution in [3.05, 3.63) is 0 Å². The molecule has 0 amide bonds. The highest BCUT2D eigenvalue weighted by Gasteiger charge is 2.32. The summed E-state index contributed by atoms with van der Waals surface area (Å²) in [5.41, 5.74) is 0. The zero-order valence-electron chi connectivity index (χ0n) is 10.4. The Balaban J connectivity index is 1.78. The molecule has 0 radical (unpaired) electrons. The Morgan fingerprint density at radius 3 is 2.81 bits per heavy atom. The molecule has 2 fully saturated rings. The third-order valence-electron chi connectivity index (χ3n) is 3.97. The van der Waals surface area contributed by atoms with Gasteiger partial charge >= 0.3 is 0 Å². The lowest BCUT2D eigenvalue weighted by molar-refractivity contribution is -0.0384. The van der Waals surface area contributed by atoms with E-state index in [4.69, 9.17) is 4.74 Å². The molecule has 2 rings (SSSR count). The van der Waals surface area contributed by atoms with Crippen LogP contribution in [0.3, 0.4) is 0 Å². The average molecular weight is 228 g/mol. The SMILES string of the molecule is CCN1CCOCC1CN(C)C1CC(O)C1. The molecule has 1 aliphatic heterocycles. The molecular formula is C12H24N2O2. The number of nitrogens with zero attached hydrogens (tertiary/aromatic N) is 2. The molecule has 1 N–H and O–H groups in total. The van der Waals surface area contributed by atoms with Crippen molar-refractivity contribution in [1.82, 2.24) is 9.80 Å². The maximum absolute atomic E-state index is 9.31. The molecule has 4 nitrogen and oxygen atoms in total. The summed E-state index contributed by atoms with van der Waals surface area (Å²) in [6, 6.07) is 1.11. The summed E-state index contributed by atoms with van der Waals surface area (Å²) >= 11 is 0. The number of hydrogen-bond donors (Lipinski definition) is 1. The molecule has 1 unspecified atom stereocenters. The fourth-order valence-corrected chi connectivity index (χ4v) is 2.67. The predicted molar refractivity (Wildman–Crippen MR) is 63.5 cm³/mol. The Morgan fingerprint density at radius 1 is 1.44 bits per heavy atom. The smallest absolute Gasteiger partial charge is 0.0634 e. The molecule has 94 valence electrons. The van der Waals surface area contributed by atoms with Crippen molar-refractivity contribution in [2.75, 3.05) is 39.9 Å². The zero-order chi connectivity index (χ0) is 11.5. The van der Waals surface area contributed by atoms with Crippen LogP contribution < -0.4 is 0 Å². The monoisotopic (exact) mass is 228 g/mol. The van der Waals surface area contributed by atoms with E-state index in [9.17, 15) is 5.11 Å². The molecule has 2 aliphatic rings. The second-order valence-corrected chi connectivity index (χ2v) is 5.08. The summed E-state index contributed by atoms with van der Waals surface area (Å²) in [5, 5.41) is 9.31. The van der Waals surface area contributed by atoms with Crippen molar-refractivity contribution in [3.63, 3.8) is 0 Å². The van der Waals surface area contributed by atoms with Gasteiger partial charge in [-0.1, -0.05) is 6.92 Å². The summed E-state index contributed by atoms with van der Waals surface area (Å²) < 4.78 is 5.55. The fraction of sp³-hybridized carbons (Fsp3) is 1.00. The van der Waals surface area contributed by atoms with Gasteiger partial charge in [0.1, 0.15) is 0 Å². The van der Waals surface area contributed by atoms with E-state index in [2.05, 4.69) is 23.8 Å². The predicted octanol–water partition coefficient (Wildman–Crippen LogP) is 0.162. The van der Waals surface area contributed by atoms with Gasteiger partial charge in [-0.15, -0.1) is 0 Å². The van der Waals surface area contributed by atoms with Crippen molar-refractivity contribution in [3.8, 4) is 0 Å². The van der Waals surface area contributed by atoms with E-state index in [0.717, 1.165) is 45.7 Å². The molecule has 0 spiro atoms. The Kier molecular flexibility index (Phi) is 4.19. The molecule has 1 atom stereocenters. The summed E-state index contributed by atoms with van der Waals surface area (Å²) in [4.78, 5) is 4.88. The van der Waals surface area contributed by atoms with Crippen LogP contribution in [0.5, 0.6) is 0 Å². The van der Waals surface area contributed by atoms with Crippen LogP contribution in [0, 0.1) is 0 Å². The Hall–Kier alpha value is -0.160. The molecule has 1 saturated carbocycles. The Labute approximate surface area is 98.2 Å². The lowest BCUT2D eigenvalue weighted by atomic mass is 9.88. The lowest BCUT2D eigenvalue weighted by Crippen LogP contribution is -2.54. The quantitative estimate of drug-likeness (QED) is 0.744. The van der Waals surface area contributed by atoms with Crippen LogP contribution in [0.2, 0.25) is 0 Å². The lowest BCUT2D eigenvalue weighted by Gasteiger charge is -2.43. The topological polar surface area (TPSA) is 35.9 Å². The number of morpholine rings is 1. The van der Waals surface area contributed by atoms with Crippen molar-refractivity contribution in [2.24, 2.45) is 0 Å². The fourth-order valence-electron chi connectivity index (χ4n) is 2.67. The van der Waals surface area contributed by atoms with E-state index in [1.54, 1.807) is 0 Å². The third-order valence-corrected chi connectivity index (χ3v) is 3.97. The standard InChI is InChI=1S/C12H24N2O2/c1-3-14-4-5-16-9-11(14)8-13(2)10-6-12(15)7-10/h10-12,15H,3-9H2,1-2H3. The minimum atomic E-state index is -0.0580. The molecule has 0 bridgehead atoms. The number of ether oxygens (including phenoxy) is 1. The molecule has 0 aromatic heterocycles. The van der Waals surface area contributed by atoms with Gasteiger partial charge in [-0.25, -0.2) is 0 Å². The number of hydrogen-bond acceptors (Lipinski definition) is 4. The highest BCUT2D eigenvalue weighted by Crippen LogP contribution is 2.25. The summed E-state index contributed by atoms with van der Waals surface area (Å²) in [6.45, 7) is 7.16. The van der Waals surface area contributed by atoms with Gasteiger partial charge in [0.25, 0.3) is 0 Å². The Bertz CT molecular complexity index is 219. The van der Waals surface area contributed by atoms with Crippen molar-refractivity contribution >= 4 is 0 Å². The highest BCUT2D eigenvalue weighted by molar-refractivity contribution is 4.88. The number of aliphatic hydroxyl groups excluding tert-OH is 1. The molecule has 1 saturated heterocycles. The van der Waals surface area contributed by atoms with Crippen molar-refractivity contribution in [2.45, 2.75) is 38.0 Å². The first-order valence-corrected chi connectivity index (χ1v) is 6.40. The van der Waals surface area contributed by atoms with Crippen LogP contribution in [0.15, 0.2) is 0 Å². The van der Waals surface area contributed by atoms with E-state index in [0.29, 0.717) is 12.1 Å². The van der Waals surface area contributed by atoms with Crippen LogP contribution in [0.4, 0.5) is 0 Å². The highest BCUT2D eigenvalue weighted by atomic mass is 16.5. The van der Waals surface area contributed by atoms with Gasteiger partial charge in [-0.2, -0.15) is 0 Å². The van der Waals surface area contributed by atoms with Crippen molar-refractivity contribution in [1.29, 1.82) is 0 Å². The van der Waals surface area contributed by atoms with Gasteiger partial charge in [0.15, 0.2) is 0 Å². The molecule has 4 heteroatoms. The van der Waals surface area contributed by atoms with Crippen molar-refractivity contribution < 1.29 is 9.84 Å². The van der Waals surface area contributed by atoms with E-state index in [-0.39, 0.29) is 6.10 Å². The molecule has 1 heterocycles. The summed E-state index contributed by atoms with van der Waals surface area (Å²) in [5.74, 6) is 0. The normalized spacial score (nSPS) is 36.4. The molecule has 0 aromatic rings. The largest absolute Gasteiger partial charge is 0.393 e. The Morgan fingerprint density at radius 2 is 2.19 bits per heavy atom. The van der Waals surface area contributed by atoms with Crippen LogP contribution in [0.25, 0.3) is 0 Å². The van der Waals surface area contributed by atoms with Gasteiger partial charge in [0.2, 0.25) is 0 Å². The number of likely N-dealkylation sites (N-methyl/N-ethyl adjacent to an activating group) is 2. The van der Waals surface area contributed by atoms with E-state index in [1.165, 1.54) is 0 Å². The minimum absolute atomic E-state index is 0.0580. The first-order valence-electron chi connectivity index (χ1n) is 6.40. The van der Waals surface area contributed by atoms with Crippen LogP contribution in [-0.2, 0) is 4.74 Å². The first-order chi connectivity index (χ1) is 7.70. The molecular weight excluding hydrogens is 204 g/mol. The molecule has 16 heavy (non-hydrogen) atoms. The maximum atomic E-state index is 9.31. The van der Waals surface area contributed by atoms with E-state index < -0.39 is 0 Å². The average Bonchev–Trinajstić information content (AvgIpc) is 2.25. The van der Waals surface area contributed by atoms with Gasteiger partial charge in [-0.05, 0) is 26.4 Å². The molecule has 0 aromatic carbocycles. The van der Waals surface area contributed by atoms with Gasteiger partial charge in [-0.3, -0.25) is 4.90 Å². The van der Waals surface area contributed by atoms with Crippen LogP contribution in [0.1, 0.15) is 19.8 Å². The number of aliphatic hydroxyl groups is 1. The summed E-state index contributed by atoms with van der Waals surface area (Å²) in [6.07, 6.45) is 1.82. The van der Waals surface area contributed by atoms with Crippen LogP contribution in [-0.4, -0.2) is 73.0 Å². The minimum Gasteiger partial charge on any atom is -0.393 e.